The van der Waals surface area contributed by atoms with Gasteiger partial charge in [-0.2, -0.15) is 0 Å². The fourth-order valence-corrected chi connectivity index (χ4v) is 3.32. The number of rotatable bonds is 5. The van der Waals surface area contributed by atoms with E-state index in [1.165, 1.54) is 12.1 Å². The number of para-hydroxylation sites is 1. The normalized spacial score (nSPS) is 15.9. The zero-order chi connectivity index (χ0) is 17.8. The molecule has 0 radical (unpaired) electrons. The lowest BCUT2D eigenvalue weighted by atomic mass is 10.2. The average Bonchev–Trinajstić information content (AvgIpc) is 2.84. The fraction of sp³-hybridized carbons (Fsp3) is 0.111. The van der Waals surface area contributed by atoms with Gasteiger partial charge < -0.3 is 9.84 Å². The summed E-state index contributed by atoms with van der Waals surface area (Å²) >= 11 is 6.86. The van der Waals surface area contributed by atoms with Crippen molar-refractivity contribution in [3.8, 4) is 11.5 Å². The van der Waals surface area contributed by atoms with Crippen molar-refractivity contribution in [1.82, 2.24) is 4.90 Å². The number of carbonyl (C=O) groups excluding carboxylic acids is 2. The van der Waals surface area contributed by atoms with E-state index in [0.29, 0.717) is 21.2 Å². The minimum atomic E-state index is -0.374. The number of ether oxygens (including phenoxy) is 1. The predicted octanol–water partition coefficient (Wildman–Crippen LogP) is 4.16. The van der Waals surface area contributed by atoms with Crippen molar-refractivity contribution in [3.63, 3.8) is 0 Å². The molecule has 25 heavy (non-hydrogen) atoms. The first-order valence-electron chi connectivity index (χ1n) is 7.46. The first-order valence-corrected chi connectivity index (χ1v) is 8.66. The SMILES string of the molecule is O=C1S/C(=C\c2cccc(O)c2)C(=O)N1CCOc1ccccc1Cl. The van der Waals surface area contributed by atoms with Crippen molar-refractivity contribution >= 4 is 40.6 Å². The highest BCUT2D eigenvalue weighted by Crippen LogP contribution is 2.32. The van der Waals surface area contributed by atoms with Gasteiger partial charge in [-0.3, -0.25) is 14.5 Å². The molecule has 0 aliphatic carbocycles. The minimum absolute atomic E-state index is 0.0983. The van der Waals surface area contributed by atoms with Crippen LogP contribution < -0.4 is 4.74 Å². The van der Waals surface area contributed by atoms with E-state index in [9.17, 15) is 14.7 Å². The maximum atomic E-state index is 12.4. The van der Waals surface area contributed by atoms with Crippen molar-refractivity contribution in [2.75, 3.05) is 13.2 Å². The Morgan fingerprint density at radius 3 is 2.72 bits per heavy atom. The number of benzene rings is 2. The van der Waals surface area contributed by atoms with Crippen molar-refractivity contribution in [2.24, 2.45) is 0 Å². The maximum Gasteiger partial charge on any atom is 0.293 e. The number of aromatic hydroxyl groups is 1. The third-order valence-corrected chi connectivity index (χ3v) is 4.67. The van der Waals surface area contributed by atoms with Gasteiger partial charge in [0.25, 0.3) is 11.1 Å². The van der Waals surface area contributed by atoms with Crippen molar-refractivity contribution in [2.45, 2.75) is 0 Å². The van der Waals surface area contributed by atoms with E-state index in [1.807, 2.05) is 0 Å². The summed E-state index contributed by atoms with van der Waals surface area (Å²) in [6.07, 6.45) is 1.58. The molecule has 3 rings (SSSR count). The largest absolute Gasteiger partial charge is 0.508 e. The van der Waals surface area contributed by atoms with Crippen LogP contribution in [0.3, 0.4) is 0 Å². The summed E-state index contributed by atoms with van der Waals surface area (Å²) in [6.45, 7) is 0.286. The van der Waals surface area contributed by atoms with Crippen LogP contribution >= 0.6 is 23.4 Å². The van der Waals surface area contributed by atoms with Crippen LogP contribution in [-0.4, -0.2) is 34.3 Å². The van der Waals surface area contributed by atoms with E-state index in [4.69, 9.17) is 16.3 Å². The molecule has 0 spiro atoms. The first-order chi connectivity index (χ1) is 12.0. The lowest BCUT2D eigenvalue weighted by molar-refractivity contribution is -0.123. The van der Waals surface area contributed by atoms with Gasteiger partial charge in [0.2, 0.25) is 0 Å². The van der Waals surface area contributed by atoms with E-state index in [0.717, 1.165) is 16.7 Å². The minimum Gasteiger partial charge on any atom is -0.508 e. The molecule has 2 aromatic rings. The quantitative estimate of drug-likeness (QED) is 0.795. The molecular weight excluding hydrogens is 362 g/mol. The lowest BCUT2D eigenvalue weighted by Gasteiger charge is -2.13. The molecule has 1 heterocycles. The van der Waals surface area contributed by atoms with Gasteiger partial charge in [0.15, 0.2) is 0 Å². The Balaban J connectivity index is 1.64. The summed E-state index contributed by atoms with van der Waals surface area (Å²) in [4.78, 5) is 25.9. The summed E-state index contributed by atoms with van der Waals surface area (Å²) in [7, 11) is 0. The number of nitrogens with zero attached hydrogens (tertiary/aromatic N) is 1. The topological polar surface area (TPSA) is 66.8 Å². The zero-order valence-electron chi connectivity index (χ0n) is 13.0. The molecule has 7 heteroatoms. The molecule has 0 atom stereocenters. The molecular formula is C18H14ClNO4S. The predicted molar refractivity (Wildman–Crippen MR) is 97.7 cm³/mol. The van der Waals surface area contributed by atoms with E-state index in [2.05, 4.69) is 0 Å². The van der Waals surface area contributed by atoms with Crippen LogP contribution in [-0.2, 0) is 4.79 Å². The Morgan fingerprint density at radius 2 is 1.96 bits per heavy atom. The number of carbonyl (C=O) groups is 2. The van der Waals surface area contributed by atoms with Crippen molar-refractivity contribution in [1.29, 1.82) is 0 Å². The number of hydrogen-bond donors (Lipinski definition) is 1. The van der Waals surface area contributed by atoms with Gasteiger partial charge >= 0.3 is 0 Å². The molecule has 0 saturated carbocycles. The molecule has 0 unspecified atom stereocenters. The summed E-state index contributed by atoms with van der Waals surface area (Å²) in [5, 5.41) is 9.60. The van der Waals surface area contributed by atoms with Gasteiger partial charge in [-0.15, -0.1) is 0 Å². The second-order valence-electron chi connectivity index (χ2n) is 5.21. The number of imide groups is 1. The maximum absolute atomic E-state index is 12.4. The lowest BCUT2D eigenvalue weighted by Crippen LogP contribution is -2.32. The van der Waals surface area contributed by atoms with Crippen molar-refractivity contribution < 1.29 is 19.4 Å². The molecule has 5 nitrogen and oxygen atoms in total. The smallest absolute Gasteiger partial charge is 0.293 e. The number of phenolic OH excluding ortho intramolecular Hbond substituents is 1. The molecule has 0 aromatic heterocycles. The number of halogens is 1. The van der Waals surface area contributed by atoms with E-state index >= 15 is 0 Å². The summed E-state index contributed by atoms with van der Waals surface area (Å²) < 4.78 is 5.52. The Morgan fingerprint density at radius 1 is 1.16 bits per heavy atom. The van der Waals surface area contributed by atoms with E-state index in [-0.39, 0.29) is 30.0 Å². The van der Waals surface area contributed by atoms with Gasteiger partial charge in [-0.25, -0.2) is 0 Å². The summed E-state index contributed by atoms with van der Waals surface area (Å²) in [6, 6.07) is 13.5. The zero-order valence-corrected chi connectivity index (χ0v) is 14.6. The van der Waals surface area contributed by atoms with Gasteiger partial charge in [0.1, 0.15) is 18.1 Å². The van der Waals surface area contributed by atoms with Gasteiger partial charge in [0.05, 0.1) is 16.5 Å². The van der Waals surface area contributed by atoms with Crippen LogP contribution in [0.2, 0.25) is 5.02 Å². The second kappa shape index (κ2) is 7.63. The van der Waals surface area contributed by atoms with E-state index < -0.39 is 0 Å². The molecule has 1 fully saturated rings. The third-order valence-electron chi connectivity index (χ3n) is 3.45. The Hall–Kier alpha value is -2.44. The Bertz CT molecular complexity index is 852. The van der Waals surface area contributed by atoms with Gasteiger partial charge in [0, 0.05) is 0 Å². The molecule has 128 valence electrons. The summed E-state index contributed by atoms with van der Waals surface area (Å²) in [5.41, 5.74) is 0.651. The Kier molecular flexibility index (Phi) is 5.31. The van der Waals surface area contributed by atoms with Gasteiger partial charge in [-0.05, 0) is 47.7 Å². The first kappa shape index (κ1) is 17.4. The molecule has 1 aliphatic heterocycles. The van der Waals surface area contributed by atoms with Crippen molar-refractivity contribution in [3.05, 3.63) is 64.0 Å². The van der Waals surface area contributed by atoms with Gasteiger partial charge in [-0.1, -0.05) is 35.9 Å². The highest BCUT2D eigenvalue weighted by molar-refractivity contribution is 8.18. The molecule has 2 amide bonds. The second-order valence-corrected chi connectivity index (χ2v) is 6.61. The molecule has 0 bridgehead atoms. The van der Waals surface area contributed by atoms with Crippen LogP contribution in [0, 0.1) is 0 Å². The Labute approximate surface area is 153 Å². The van der Waals surface area contributed by atoms with E-state index in [1.54, 1.807) is 42.5 Å². The summed E-state index contributed by atoms with van der Waals surface area (Å²) in [5.74, 6) is 0.230. The number of hydrogen-bond acceptors (Lipinski definition) is 5. The van der Waals surface area contributed by atoms with Crippen LogP contribution in [0.1, 0.15) is 5.56 Å². The van der Waals surface area contributed by atoms with Crippen LogP contribution in [0.25, 0.3) is 6.08 Å². The molecule has 1 aliphatic rings. The van der Waals surface area contributed by atoms with Crippen LogP contribution in [0.4, 0.5) is 4.79 Å². The number of phenols is 1. The number of amides is 2. The monoisotopic (exact) mass is 375 g/mol. The molecule has 2 aromatic carbocycles. The highest BCUT2D eigenvalue weighted by atomic mass is 35.5. The fourth-order valence-electron chi connectivity index (χ4n) is 2.27. The number of thioether (sulfide) groups is 1. The molecule has 1 saturated heterocycles. The molecule has 1 N–H and O–H groups in total. The standard InChI is InChI=1S/C18H14ClNO4S/c19-14-6-1-2-7-15(14)24-9-8-20-17(22)16(25-18(20)23)11-12-4-3-5-13(21)10-12/h1-7,10-11,21H,8-9H2/b16-11-. The third kappa shape index (κ3) is 4.15. The van der Waals surface area contributed by atoms with Crippen LogP contribution in [0.15, 0.2) is 53.4 Å². The highest BCUT2D eigenvalue weighted by Gasteiger charge is 2.34. The van der Waals surface area contributed by atoms with Crippen LogP contribution in [0.5, 0.6) is 11.5 Å². The average molecular weight is 376 g/mol.